The maximum atomic E-state index is 11.4. The minimum Gasteiger partial charge on any atom is -0.480 e. The average Bonchev–Trinajstić information content (AvgIpc) is 2.69. The largest absolute Gasteiger partial charge is 0.480 e. The molecule has 0 aliphatic carbocycles. The highest BCUT2D eigenvalue weighted by atomic mass is 16.4. The van der Waals surface area contributed by atoms with Crippen LogP contribution in [0, 0.1) is 0 Å². The molecule has 0 saturated heterocycles. The lowest BCUT2D eigenvalue weighted by atomic mass is 10.2. The molecule has 0 radical (unpaired) electrons. The lowest BCUT2D eigenvalue weighted by Crippen LogP contribution is -2.20. The summed E-state index contributed by atoms with van der Waals surface area (Å²) in [4.78, 5) is 15.9. The Labute approximate surface area is 106 Å². The Bertz CT molecular complexity index is 560. The van der Waals surface area contributed by atoms with E-state index in [-0.39, 0.29) is 0 Å². The second kappa shape index (κ2) is 5.21. The van der Waals surface area contributed by atoms with Gasteiger partial charge in [0.05, 0.1) is 11.0 Å². The molecule has 0 spiro atoms. The first-order chi connectivity index (χ1) is 8.69. The zero-order chi connectivity index (χ0) is 13.1. The number of carboxylic acid groups (broad SMARTS) is 1. The third-order valence-electron chi connectivity index (χ3n) is 3.13. The Morgan fingerprint density at radius 3 is 2.72 bits per heavy atom. The lowest BCUT2D eigenvalue weighted by molar-refractivity contribution is -0.140. The molecule has 0 amide bonds. The van der Waals surface area contributed by atoms with E-state index in [9.17, 15) is 9.90 Å². The van der Waals surface area contributed by atoms with Gasteiger partial charge in [-0.05, 0) is 25.0 Å². The van der Waals surface area contributed by atoms with Crippen molar-refractivity contribution in [1.29, 1.82) is 0 Å². The molecule has 1 heterocycles. The first-order valence-electron chi connectivity index (χ1n) is 6.37. The molecule has 4 nitrogen and oxygen atoms in total. The standard InChI is InChI=1S/C14H18N2O2/c1-3-7-13-15-10-8-5-6-9-12(10)16(13)11(4-2)14(17)18/h5-6,8-9,11H,3-4,7H2,1-2H3,(H,17,18). The molecule has 1 N–H and O–H groups in total. The number of carboxylic acids is 1. The van der Waals surface area contributed by atoms with E-state index in [2.05, 4.69) is 11.9 Å². The molecule has 1 aromatic carbocycles. The van der Waals surface area contributed by atoms with E-state index in [1.807, 2.05) is 35.8 Å². The number of hydrogen-bond donors (Lipinski definition) is 1. The van der Waals surface area contributed by atoms with E-state index >= 15 is 0 Å². The Morgan fingerprint density at radius 1 is 1.39 bits per heavy atom. The van der Waals surface area contributed by atoms with Crippen molar-refractivity contribution in [3.63, 3.8) is 0 Å². The van der Waals surface area contributed by atoms with Crippen LogP contribution in [0.15, 0.2) is 24.3 Å². The lowest BCUT2D eigenvalue weighted by Gasteiger charge is -2.16. The fourth-order valence-corrected chi connectivity index (χ4v) is 2.31. The van der Waals surface area contributed by atoms with Crippen molar-refractivity contribution in [2.45, 2.75) is 39.2 Å². The predicted molar refractivity (Wildman–Crippen MR) is 70.7 cm³/mol. The number of aromatic nitrogens is 2. The average molecular weight is 246 g/mol. The summed E-state index contributed by atoms with van der Waals surface area (Å²) < 4.78 is 1.88. The molecule has 4 heteroatoms. The number of rotatable bonds is 5. The summed E-state index contributed by atoms with van der Waals surface area (Å²) in [5.74, 6) is 0.0750. The molecule has 2 rings (SSSR count). The van der Waals surface area contributed by atoms with Crippen LogP contribution in [0.2, 0.25) is 0 Å². The maximum Gasteiger partial charge on any atom is 0.326 e. The van der Waals surface area contributed by atoms with Gasteiger partial charge in [0.2, 0.25) is 0 Å². The fourth-order valence-electron chi connectivity index (χ4n) is 2.31. The third-order valence-corrected chi connectivity index (χ3v) is 3.13. The van der Waals surface area contributed by atoms with Gasteiger partial charge in [0.1, 0.15) is 11.9 Å². The molecule has 0 fully saturated rings. The molecule has 1 unspecified atom stereocenters. The van der Waals surface area contributed by atoms with Gasteiger partial charge in [0, 0.05) is 6.42 Å². The number of hydrogen-bond acceptors (Lipinski definition) is 2. The first-order valence-corrected chi connectivity index (χ1v) is 6.37. The van der Waals surface area contributed by atoms with Crippen molar-refractivity contribution >= 4 is 17.0 Å². The number of carbonyl (C=O) groups is 1. The Hall–Kier alpha value is -1.84. The highest BCUT2D eigenvalue weighted by molar-refractivity contribution is 5.80. The number of aliphatic carboxylic acids is 1. The second-order valence-corrected chi connectivity index (χ2v) is 4.40. The van der Waals surface area contributed by atoms with Crippen LogP contribution in [0.25, 0.3) is 11.0 Å². The van der Waals surface area contributed by atoms with Gasteiger partial charge < -0.3 is 9.67 Å². The van der Waals surface area contributed by atoms with E-state index < -0.39 is 12.0 Å². The van der Waals surface area contributed by atoms with Crippen LogP contribution in [-0.2, 0) is 11.2 Å². The van der Waals surface area contributed by atoms with Crippen LogP contribution < -0.4 is 0 Å². The molecular weight excluding hydrogens is 228 g/mol. The maximum absolute atomic E-state index is 11.4. The van der Waals surface area contributed by atoms with Crippen molar-refractivity contribution in [2.75, 3.05) is 0 Å². The molecule has 2 aromatic rings. The summed E-state index contributed by atoms with van der Waals surface area (Å²) in [6.07, 6.45) is 2.32. The minimum atomic E-state index is -0.794. The van der Waals surface area contributed by atoms with Crippen LogP contribution in [-0.4, -0.2) is 20.6 Å². The van der Waals surface area contributed by atoms with E-state index in [4.69, 9.17) is 0 Å². The summed E-state index contributed by atoms with van der Waals surface area (Å²) in [5, 5.41) is 9.35. The van der Waals surface area contributed by atoms with Crippen LogP contribution >= 0.6 is 0 Å². The normalized spacial score (nSPS) is 12.8. The number of aryl methyl sites for hydroxylation is 1. The second-order valence-electron chi connectivity index (χ2n) is 4.40. The Balaban J connectivity index is 2.63. The van der Waals surface area contributed by atoms with E-state index in [1.54, 1.807) is 0 Å². The van der Waals surface area contributed by atoms with Crippen LogP contribution in [0.3, 0.4) is 0 Å². The monoisotopic (exact) mass is 246 g/mol. The topological polar surface area (TPSA) is 55.1 Å². The van der Waals surface area contributed by atoms with Crippen LogP contribution in [0.1, 0.15) is 38.6 Å². The smallest absolute Gasteiger partial charge is 0.326 e. The summed E-state index contributed by atoms with van der Waals surface area (Å²) in [6.45, 7) is 3.97. The zero-order valence-corrected chi connectivity index (χ0v) is 10.8. The van der Waals surface area contributed by atoms with Gasteiger partial charge in [-0.25, -0.2) is 9.78 Å². The number of para-hydroxylation sites is 2. The van der Waals surface area contributed by atoms with E-state index in [0.717, 1.165) is 29.7 Å². The number of imidazole rings is 1. The van der Waals surface area contributed by atoms with Gasteiger partial charge >= 0.3 is 5.97 Å². The molecule has 0 bridgehead atoms. The zero-order valence-electron chi connectivity index (χ0n) is 10.8. The van der Waals surface area contributed by atoms with Crippen molar-refractivity contribution in [2.24, 2.45) is 0 Å². The van der Waals surface area contributed by atoms with Gasteiger partial charge in [-0.3, -0.25) is 0 Å². The molecule has 96 valence electrons. The quantitative estimate of drug-likeness (QED) is 0.882. The molecule has 0 aliphatic rings. The van der Waals surface area contributed by atoms with E-state index in [1.165, 1.54) is 0 Å². The first kappa shape index (κ1) is 12.6. The molecule has 1 aromatic heterocycles. The molecular formula is C14H18N2O2. The summed E-state index contributed by atoms with van der Waals surface area (Å²) >= 11 is 0. The molecule has 0 aliphatic heterocycles. The summed E-state index contributed by atoms with van der Waals surface area (Å²) in [6, 6.07) is 7.19. The van der Waals surface area contributed by atoms with Gasteiger partial charge in [0.25, 0.3) is 0 Å². The fraction of sp³-hybridized carbons (Fsp3) is 0.429. The Kier molecular flexibility index (Phi) is 3.65. The number of nitrogens with zero attached hydrogens (tertiary/aromatic N) is 2. The minimum absolute atomic E-state index is 0.529. The molecule has 0 saturated carbocycles. The van der Waals surface area contributed by atoms with Crippen molar-refractivity contribution in [3.8, 4) is 0 Å². The predicted octanol–water partition coefficient (Wildman–Crippen LogP) is 3.02. The number of fused-ring (bicyclic) bond motifs is 1. The van der Waals surface area contributed by atoms with Crippen molar-refractivity contribution in [3.05, 3.63) is 30.1 Å². The van der Waals surface area contributed by atoms with Gasteiger partial charge in [-0.1, -0.05) is 26.0 Å². The van der Waals surface area contributed by atoms with Crippen LogP contribution in [0.4, 0.5) is 0 Å². The summed E-state index contributed by atoms with van der Waals surface area (Å²) in [7, 11) is 0. The van der Waals surface area contributed by atoms with Gasteiger partial charge in [-0.2, -0.15) is 0 Å². The number of benzene rings is 1. The highest BCUT2D eigenvalue weighted by Gasteiger charge is 2.22. The summed E-state index contributed by atoms with van der Waals surface area (Å²) in [5.41, 5.74) is 1.79. The van der Waals surface area contributed by atoms with Crippen molar-refractivity contribution < 1.29 is 9.90 Å². The van der Waals surface area contributed by atoms with Gasteiger partial charge in [-0.15, -0.1) is 0 Å². The van der Waals surface area contributed by atoms with Gasteiger partial charge in [0.15, 0.2) is 0 Å². The molecule has 18 heavy (non-hydrogen) atoms. The van der Waals surface area contributed by atoms with E-state index in [0.29, 0.717) is 6.42 Å². The van der Waals surface area contributed by atoms with Crippen molar-refractivity contribution in [1.82, 2.24) is 9.55 Å². The third kappa shape index (κ3) is 2.10. The highest BCUT2D eigenvalue weighted by Crippen LogP contribution is 2.24. The Morgan fingerprint density at radius 2 is 2.11 bits per heavy atom. The molecule has 1 atom stereocenters. The SMILES string of the molecule is CCCc1nc2ccccc2n1C(CC)C(=O)O. The van der Waals surface area contributed by atoms with Crippen LogP contribution in [0.5, 0.6) is 0 Å².